The number of halogens is 1. The van der Waals surface area contributed by atoms with E-state index in [0.29, 0.717) is 42.0 Å². The molecule has 11 heteroatoms. The van der Waals surface area contributed by atoms with E-state index < -0.39 is 23.7 Å². The fraction of sp³-hybridized carbons (Fsp3) is 0.367. The van der Waals surface area contributed by atoms with Crippen molar-refractivity contribution in [1.82, 2.24) is 19.6 Å². The van der Waals surface area contributed by atoms with Crippen LogP contribution in [0, 0.1) is 5.82 Å². The lowest BCUT2D eigenvalue weighted by Crippen LogP contribution is -2.49. The molecule has 1 unspecified atom stereocenters. The summed E-state index contributed by atoms with van der Waals surface area (Å²) in [4.78, 5) is 52.9. The number of imidazole rings is 1. The van der Waals surface area contributed by atoms with Gasteiger partial charge in [0.2, 0.25) is 5.91 Å². The van der Waals surface area contributed by atoms with E-state index in [-0.39, 0.29) is 29.4 Å². The number of carbonyl (C=O) groups is 3. The number of piperidine rings is 1. The second-order valence-electron chi connectivity index (χ2n) is 10.4. The van der Waals surface area contributed by atoms with Crippen molar-refractivity contribution in [1.29, 1.82) is 0 Å². The Labute approximate surface area is 236 Å². The number of likely N-dealkylation sites (tertiary alicyclic amines) is 1. The van der Waals surface area contributed by atoms with Crippen LogP contribution in [0.5, 0.6) is 0 Å². The third-order valence-electron chi connectivity index (χ3n) is 7.89. The number of aliphatic imine (C=N–C) groups is 1. The quantitative estimate of drug-likeness (QED) is 0.476. The van der Waals surface area contributed by atoms with E-state index in [2.05, 4.69) is 10.3 Å². The molecule has 2 N–H and O–H groups in total. The number of nitrogens with one attached hydrogen (secondary N) is 1. The molecule has 212 valence electrons. The molecular weight excluding hydrogens is 527 g/mol. The number of fused-ring (bicyclic) bond motifs is 1. The van der Waals surface area contributed by atoms with E-state index in [1.807, 2.05) is 21.9 Å². The van der Waals surface area contributed by atoms with Crippen LogP contribution in [0.1, 0.15) is 43.0 Å². The van der Waals surface area contributed by atoms with Gasteiger partial charge in [0.1, 0.15) is 17.5 Å². The first-order valence-corrected chi connectivity index (χ1v) is 14.0. The first-order valence-electron chi connectivity index (χ1n) is 14.0. The number of imide groups is 1. The van der Waals surface area contributed by atoms with E-state index in [9.17, 15) is 14.4 Å². The average molecular weight is 559 g/mol. The molecule has 4 aliphatic heterocycles. The highest BCUT2D eigenvalue weighted by molar-refractivity contribution is 6.47. The Morgan fingerprint density at radius 2 is 1.85 bits per heavy atom. The van der Waals surface area contributed by atoms with Crippen LogP contribution in [0.2, 0.25) is 0 Å². The van der Waals surface area contributed by atoms with Gasteiger partial charge in [0.05, 0.1) is 41.0 Å². The highest BCUT2D eigenvalue weighted by Crippen LogP contribution is 2.41. The molecule has 1 fully saturated rings. The minimum atomic E-state index is -0.583. The molecule has 1 atom stereocenters. The number of anilines is 1. The molecule has 0 radical (unpaired) electrons. The largest absolute Gasteiger partial charge is 0.397 e. The highest BCUT2D eigenvalue weighted by Gasteiger charge is 2.43. The summed E-state index contributed by atoms with van der Waals surface area (Å²) in [7, 11) is 0. The number of aliphatic hydroxyl groups is 1. The minimum absolute atomic E-state index is 0.0510. The molecule has 0 spiro atoms. The number of rotatable bonds is 3. The third kappa shape index (κ3) is 4.59. The molecule has 41 heavy (non-hydrogen) atoms. The lowest BCUT2D eigenvalue weighted by molar-refractivity contribution is -0.133. The summed E-state index contributed by atoms with van der Waals surface area (Å²) in [6.07, 6.45) is 6.81. The maximum absolute atomic E-state index is 15.0. The van der Waals surface area contributed by atoms with Gasteiger partial charge in [0.15, 0.2) is 0 Å². The monoisotopic (exact) mass is 558 g/mol. The average Bonchev–Trinajstić information content (AvgIpc) is 3.59. The molecule has 2 aromatic heterocycles. The third-order valence-corrected chi connectivity index (χ3v) is 7.89. The van der Waals surface area contributed by atoms with Gasteiger partial charge in [-0.1, -0.05) is 6.07 Å². The number of hydrogen-bond acceptors (Lipinski definition) is 7. The molecule has 0 saturated carbocycles. The standard InChI is InChI=1S/C28H25FN6O3.C2H6O/c29-17-12-16-13-19(28(38)33-8-3-1-4-9-33)35-11-7-30-24(18(14-17)25(16)35)23-22(26(36)32-27(23)37)20-15-31-21-6-2-5-10-34(20)21;1-2-3/h2,5-6,10,12,14-15,19H,1,3-4,7-9,11,13H2,(H,32,36,37);3H,2H2,1H3. The van der Waals surface area contributed by atoms with E-state index >= 15 is 4.39 Å². The molecule has 0 aliphatic carbocycles. The Morgan fingerprint density at radius 3 is 2.63 bits per heavy atom. The summed E-state index contributed by atoms with van der Waals surface area (Å²) in [6.45, 7) is 4.15. The lowest BCUT2D eigenvalue weighted by atomic mass is 9.94. The number of amides is 3. The maximum Gasteiger partial charge on any atom is 0.261 e. The SMILES string of the molecule is CCO.O=C1NC(=O)C(c2cnc3ccccn23)=C1C1=NCCN2c3c(cc(F)cc31)CC2C(=O)N1CCCCC1. The van der Waals surface area contributed by atoms with Crippen molar-refractivity contribution in [2.45, 2.75) is 38.6 Å². The van der Waals surface area contributed by atoms with Gasteiger partial charge >= 0.3 is 0 Å². The Bertz CT molecular complexity index is 1620. The number of hydrogen-bond donors (Lipinski definition) is 2. The van der Waals surface area contributed by atoms with E-state index in [0.717, 1.165) is 38.0 Å². The molecule has 4 aliphatic rings. The van der Waals surface area contributed by atoms with Crippen LogP contribution in [0.4, 0.5) is 10.1 Å². The summed E-state index contributed by atoms with van der Waals surface area (Å²) < 4.78 is 16.8. The Morgan fingerprint density at radius 1 is 1.10 bits per heavy atom. The topological polar surface area (TPSA) is 120 Å². The van der Waals surface area contributed by atoms with Crippen molar-refractivity contribution in [3.8, 4) is 0 Å². The summed E-state index contributed by atoms with van der Waals surface area (Å²) >= 11 is 0. The van der Waals surface area contributed by atoms with Crippen molar-refractivity contribution in [3.05, 3.63) is 70.9 Å². The molecule has 6 heterocycles. The first-order chi connectivity index (χ1) is 19.9. The van der Waals surface area contributed by atoms with Crippen LogP contribution in [-0.4, -0.2) is 81.7 Å². The maximum atomic E-state index is 15.0. The predicted octanol–water partition coefficient (Wildman–Crippen LogP) is 2.13. The van der Waals surface area contributed by atoms with Gasteiger partial charge in [-0.15, -0.1) is 0 Å². The number of aromatic nitrogens is 2. The minimum Gasteiger partial charge on any atom is -0.397 e. The van der Waals surface area contributed by atoms with Gasteiger partial charge in [-0.2, -0.15) is 0 Å². The van der Waals surface area contributed by atoms with Gasteiger partial charge in [-0.05, 0) is 56.0 Å². The van der Waals surface area contributed by atoms with Gasteiger partial charge in [0, 0.05) is 44.4 Å². The van der Waals surface area contributed by atoms with Crippen molar-refractivity contribution in [3.63, 3.8) is 0 Å². The summed E-state index contributed by atoms with van der Waals surface area (Å²) in [5.74, 6) is -1.55. The Balaban J connectivity index is 0.000000967. The van der Waals surface area contributed by atoms with E-state index in [1.54, 1.807) is 29.8 Å². The van der Waals surface area contributed by atoms with Crippen LogP contribution in [0.3, 0.4) is 0 Å². The van der Waals surface area contributed by atoms with Crippen LogP contribution in [-0.2, 0) is 20.8 Å². The zero-order chi connectivity index (χ0) is 28.7. The smallest absolute Gasteiger partial charge is 0.261 e. The molecule has 3 aromatic rings. The number of nitrogens with zero attached hydrogens (tertiary/aromatic N) is 5. The van der Waals surface area contributed by atoms with Crippen LogP contribution >= 0.6 is 0 Å². The Kier molecular flexibility index (Phi) is 7.12. The van der Waals surface area contributed by atoms with Crippen LogP contribution in [0.15, 0.2) is 53.3 Å². The number of pyridine rings is 1. The zero-order valence-electron chi connectivity index (χ0n) is 22.8. The summed E-state index contributed by atoms with van der Waals surface area (Å²) in [6, 6.07) is 7.84. The van der Waals surface area contributed by atoms with Gasteiger partial charge in [-0.3, -0.25) is 29.1 Å². The van der Waals surface area contributed by atoms with Crippen molar-refractivity contribution >= 4 is 40.3 Å². The van der Waals surface area contributed by atoms with E-state index in [1.165, 1.54) is 12.1 Å². The normalized spacial score (nSPS) is 20.0. The second kappa shape index (κ2) is 10.9. The highest BCUT2D eigenvalue weighted by atomic mass is 19.1. The molecule has 10 nitrogen and oxygen atoms in total. The molecule has 1 saturated heterocycles. The second-order valence-corrected chi connectivity index (χ2v) is 10.4. The lowest BCUT2D eigenvalue weighted by Gasteiger charge is -2.33. The first kappa shape index (κ1) is 26.8. The van der Waals surface area contributed by atoms with Gasteiger partial charge in [-0.25, -0.2) is 9.37 Å². The van der Waals surface area contributed by atoms with Crippen molar-refractivity contribution in [2.24, 2.45) is 4.99 Å². The summed E-state index contributed by atoms with van der Waals surface area (Å²) in [5.41, 5.74) is 3.45. The molecule has 0 bridgehead atoms. The van der Waals surface area contributed by atoms with Crippen LogP contribution < -0.4 is 10.2 Å². The Hall–Kier alpha value is -4.38. The number of benzene rings is 1. The fourth-order valence-corrected chi connectivity index (χ4v) is 6.23. The van der Waals surface area contributed by atoms with Crippen molar-refractivity contribution in [2.75, 3.05) is 37.7 Å². The van der Waals surface area contributed by atoms with E-state index in [4.69, 9.17) is 10.1 Å². The number of carbonyl (C=O) groups excluding carboxylic acids is 3. The molecule has 3 amide bonds. The fourth-order valence-electron chi connectivity index (χ4n) is 6.23. The van der Waals surface area contributed by atoms with Gasteiger partial charge < -0.3 is 14.9 Å². The molecule has 7 rings (SSSR count). The molecule has 1 aromatic carbocycles. The number of aliphatic hydroxyl groups excluding tert-OH is 1. The predicted molar refractivity (Wildman–Crippen MR) is 151 cm³/mol. The van der Waals surface area contributed by atoms with Gasteiger partial charge in [0.25, 0.3) is 11.8 Å². The van der Waals surface area contributed by atoms with Crippen molar-refractivity contribution < 1.29 is 23.9 Å². The molecular formula is C30H31FN6O4. The summed E-state index contributed by atoms with van der Waals surface area (Å²) in [5, 5.41) is 9.97. The zero-order valence-corrected chi connectivity index (χ0v) is 22.8. The van der Waals surface area contributed by atoms with Crippen LogP contribution in [0.25, 0.3) is 11.2 Å².